The van der Waals surface area contributed by atoms with Crippen LogP contribution in [0, 0.1) is 0 Å². The quantitative estimate of drug-likeness (QED) is 0.526. The van der Waals surface area contributed by atoms with Gasteiger partial charge in [-0.2, -0.15) is 13.2 Å². The van der Waals surface area contributed by atoms with E-state index in [0.717, 1.165) is 11.3 Å². The van der Waals surface area contributed by atoms with Crippen LogP contribution in [0.2, 0.25) is 0 Å². The molecule has 152 valence electrons. The predicted octanol–water partition coefficient (Wildman–Crippen LogP) is 3.89. The summed E-state index contributed by atoms with van der Waals surface area (Å²) in [4.78, 5) is 4.51. The highest BCUT2D eigenvalue weighted by atomic mass is 19.4. The van der Waals surface area contributed by atoms with Gasteiger partial charge in [-0.15, -0.1) is 0 Å². The van der Waals surface area contributed by atoms with E-state index in [2.05, 4.69) is 15.6 Å². The molecule has 0 aliphatic heterocycles. The lowest BCUT2D eigenvalue weighted by molar-refractivity contribution is -0.153. The standard InChI is InChI=1S/C20H24F3N3O2/c1-3-24-19(25-12-15-7-6-9-17(11-15)27-2)26-13-16-8-4-5-10-18(16)28-14-20(21,22)23/h4-11H,3,12-14H2,1-2H3,(H2,24,25,26). The molecule has 0 spiro atoms. The molecule has 2 N–H and O–H groups in total. The van der Waals surface area contributed by atoms with Crippen molar-refractivity contribution >= 4 is 5.96 Å². The fraction of sp³-hybridized carbons (Fsp3) is 0.350. The second-order valence-electron chi connectivity index (χ2n) is 5.91. The number of nitrogens with one attached hydrogen (secondary N) is 2. The summed E-state index contributed by atoms with van der Waals surface area (Å²) in [6.07, 6.45) is -4.38. The first kappa shape index (κ1) is 21.4. The highest BCUT2D eigenvalue weighted by Gasteiger charge is 2.28. The molecule has 0 radical (unpaired) electrons. The van der Waals surface area contributed by atoms with Gasteiger partial charge in [0.25, 0.3) is 0 Å². The lowest BCUT2D eigenvalue weighted by Crippen LogP contribution is -2.37. The number of aliphatic imine (C=N–C) groups is 1. The van der Waals surface area contributed by atoms with Gasteiger partial charge in [-0.25, -0.2) is 4.99 Å². The maximum atomic E-state index is 12.4. The third kappa shape index (κ3) is 7.38. The van der Waals surface area contributed by atoms with Gasteiger partial charge in [0.05, 0.1) is 13.7 Å². The second-order valence-corrected chi connectivity index (χ2v) is 5.91. The van der Waals surface area contributed by atoms with Crippen LogP contribution in [0.1, 0.15) is 18.1 Å². The Labute approximate surface area is 162 Å². The molecule has 2 aromatic rings. The smallest absolute Gasteiger partial charge is 0.422 e. The zero-order chi connectivity index (χ0) is 20.4. The van der Waals surface area contributed by atoms with E-state index < -0.39 is 12.8 Å². The number of hydrogen-bond donors (Lipinski definition) is 2. The second kappa shape index (κ2) is 10.4. The van der Waals surface area contributed by atoms with E-state index in [-0.39, 0.29) is 12.3 Å². The van der Waals surface area contributed by atoms with Gasteiger partial charge >= 0.3 is 6.18 Å². The maximum absolute atomic E-state index is 12.4. The number of halogens is 3. The Bertz CT molecular complexity index is 779. The first-order chi connectivity index (χ1) is 13.4. The van der Waals surface area contributed by atoms with Crippen molar-refractivity contribution < 1.29 is 22.6 Å². The van der Waals surface area contributed by atoms with Gasteiger partial charge in [-0.3, -0.25) is 0 Å². The number of ether oxygens (including phenoxy) is 2. The normalized spacial score (nSPS) is 11.8. The van der Waals surface area contributed by atoms with Crippen molar-refractivity contribution in [1.29, 1.82) is 0 Å². The Morgan fingerprint density at radius 3 is 2.57 bits per heavy atom. The predicted molar refractivity (Wildman–Crippen MR) is 103 cm³/mol. The van der Waals surface area contributed by atoms with Gasteiger partial charge < -0.3 is 20.1 Å². The number of hydrogen-bond acceptors (Lipinski definition) is 3. The number of benzene rings is 2. The third-order valence-corrected chi connectivity index (χ3v) is 3.71. The fourth-order valence-electron chi connectivity index (χ4n) is 2.41. The van der Waals surface area contributed by atoms with E-state index in [1.807, 2.05) is 31.2 Å². The van der Waals surface area contributed by atoms with E-state index in [1.54, 1.807) is 25.3 Å². The molecule has 0 heterocycles. The van der Waals surface area contributed by atoms with E-state index in [4.69, 9.17) is 9.47 Å². The highest BCUT2D eigenvalue weighted by molar-refractivity contribution is 5.79. The third-order valence-electron chi connectivity index (χ3n) is 3.71. The Hall–Kier alpha value is -2.90. The van der Waals surface area contributed by atoms with Crippen LogP contribution in [0.5, 0.6) is 11.5 Å². The van der Waals surface area contributed by atoms with Gasteiger partial charge in [0.15, 0.2) is 12.6 Å². The lowest BCUT2D eigenvalue weighted by Gasteiger charge is -2.15. The van der Waals surface area contributed by atoms with Gasteiger partial charge in [0.2, 0.25) is 0 Å². The molecule has 0 saturated heterocycles. The van der Waals surface area contributed by atoms with E-state index >= 15 is 0 Å². The van der Waals surface area contributed by atoms with Crippen molar-refractivity contribution in [2.45, 2.75) is 26.2 Å². The first-order valence-electron chi connectivity index (χ1n) is 8.84. The summed E-state index contributed by atoms with van der Waals surface area (Å²) >= 11 is 0. The molecular formula is C20H24F3N3O2. The molecule has 5 nitrogen and oxygen atoms in total. The van der Waals surface area contributed by atoms with Crippen molar-refractivity contribution in [2.75, 3.05) is 20.3 Å². The summed E-state index contributed by atoms with van der Waals surface area (Å²) in [6, 6.07) is 14.2. The molecule has 8 heteroatoms. The van der Waals surface area contributed by atoms with Crippen molar-refractivity contribution in [2.24, 2.45) is 4.99 Å². The van der Waals surface area contributed by atoms with Crippen LogP contribution < -0.4 is 20.1 Å². The van der Waals surface area contributed by atoms with E-state index in [1.165, 1.54) is 6.07 Å². The Balaban J connectivity index is 2.02. The fourth-order valence-corrected chi connectivity index (χ4v) is 2.41. The van der Waals surface area contributed by atoms with Crippen LogP contribution in [0.4, 0.5) is 13.2 Å². The van der Waals surface area contributed by atoms with Crippen LogP contribution in [0.25, 0.3) is 0 Å². The Morgan fingerprint density at radius 2 is 1.86 bits per heavy atom. The first-order valence-corrected chi connectivity index (χ1v) is 8.84. The zero-order valence-electron chi connectivity index (χ0n) is 15.8. The number of rotatable bonds is 8. The van der Waals surface area contributed by atoms with Crippen molar-refractivity contribution in [3.63, 3.8) is 0 Å². The summed E-state index contributed by atoms with van der Waals surface area (Å²) in [5, 5.41) is 6.23. The van der Waals surface area contributed by atoms with Crippen molar-refractivity contribution in [3.05, 3.63) is 59.7 Å². The van der Waals surface area contributed by atoms with E-state index in [0.29, 0.717) is 24.6 Å². The van der Waals surface area contributed by atoms with Gasteiger partial charge in [0.1, 0.15) is 11.5 Å². The topological polar surface area (TPSA) is 54.9 Å². The molecule has 28 heavy (non-hydrogen) atoms. The molecule has 0 saturated carbocycles. The number of para-hydroxylation sites is 1. The Kier molecular flexibility index (Phi) is 7.98. The minimum Gasteiger partial charge on any atom is -0.497 e. The molecule has 0 aliphatic carbocycles. The summed E-state index contributed by atoms with van der Waals surface area (Å²) in [6.45, 7) is 1.96. The molecule has 0 amide bonds. The average Bonchev–Trinajstić information content (AvgIpc) is 2.68. The number of methoxy groups -OCH3 is 1. The number of nitrogens with zero attached hydrogens (tertiary/aromatic N) is 1. The molecule has 2 rings (SSSR count). The minimum absolute atomic E-state index is 0.191. The van der Waals surface area contributed by atoms with Crippen LogP contribution in [0.15, 0.2) is 53.5 Å². The van der Waals surface area contributed by atoms with Gasteiger partial charge in [-0.1, -0.05) is 30.3 Å². The lowest BCUT2D eigenvalue weighted by atomic mass is 10.2. The summed E-state index contributed by atoms with van der Waals surface area (Å²) in [7, 11) is 1.60. The highest BCUT2D eigenvalue weighted by Crippen LogP contribution is 2.22. The summed E-state index contributed by atoms with van der Waals surface area (Å²) in [5.74, 6) is 1.49. The largest absolute Gasteiger partial charge is 0.497 e. The molecule has 0 atom stereocenters. The summed E-state index contributed by atoms with van der Waals surface area (Å²) < 4.78 is 47.4. The molecular weight excluding hydrogens is 371 g/mol. The number of alkyl halides is 3. The molecule has 2 aromatic carbocycles. The monoisotopic (exact) mass is 395 g/mol. The summed E-state index contributed by atoms with van der Waals surface area (Å²) in [5.41, 5.74) is 1.59. The molecule has 0 bridgehead atoms. The maximum Gasteiger partial charge on any atom is 0.422 e. The van der Waals surface area contributed by atoms with Crippen LogP contribution in [-0.2, 0) is 13.1 Å². The van der Waals surface area contributed by atoms with E-state index in [9.17, 15) is 13.2 Å². The van der Waals surface area contributed by atoms with Crippen LogP contribution >= 0.6 is 0 Å². The van der Waals surface area contributed by atoms with Crippen molar-refractivity contribution in [1.82, 2.24) is 10.6 Å². The zero-order valence-corrected chi connectivity index (χ0v) is 15.8. The van der Waals surface area contributed by atoms with Gasteiger partial charge in [-0.05, 0) is 30.7 Å². The van der Waals surface area contributed by atoms with Crippen LogP contribution in [0.3, 0.4) is 0 Å². The molecule has 0 aliphatic rings. The van der Waals surface area contributed by atoms with Crippen molar-refractivity contribution in [3.8, 4) is 11.5 Å². The molecule has 0 aromatic heterocycles. The average molecular weight is 395 g/mol. The minimum atomic E-state index is -4.38. The SMILES string of the molecule is CCNC(=NCc1cccc(OC)c1)NCc1ccccc1OCC(F)(F)F. The number of guanidine groups is 1. The van der Waals surface area contributed by atoms with Gasteiger partial charge in [0, 0.05) is 18.7 Å². The Morgan fingerprint density at radius 1 is 1.07 bits per heavy atom. The molecule has 0 fully saturated rings. The van der Waals surface area contributed by atoms with Crippen LogP contribution in [-0.4, -0.2) is 32.4 Å². The molecule has 0 unspecified atom stereocenters.